The molecule has 5 aromatic rings. The van der Waals surface area contributed by atoms with E-state index in [1.54, 1.807) is 42.2 Å². The van der Waals surface area contributed by atoms with Crippen LogP contribution in [0.15, 0.2) is 65.7 Å². The summed E-state index contributed by atoms with van der Waals surface area (Å²) in [5, 5.41) is 7.58. The number of nitrogens with zero attached hydrogens (tertiary/aromatic N) is 5. The maximum atomic E-state index is 13.7. The molecule has 0 saturated heterocycles. The lowest BCUT2D eigenvalue weighted by Gasteiger charge is -2.15. The Balaban J connectivity index is 1.69. The lowest BCUT2D eigenvalue weighted by atomic mass is 10.0. The zero-order valence-electron chi connectivity index (χ0n) is 19.0. The fraction of sp³-hybridized carbons (Fsp3) is 0.167. The van der Waals surface area contributed by atoms with E-state index >= 15 is 0 Å². The number of benzene rings is 2. The quantitative estimate of drug-likeness (QED) is 0.323. The Labute approximate surface area is 204 Å². The van der Waals surface area contributed by atoms with Crippen molar-refractivity contribution in [2.75, 3.05) is 11.9 Å². The minimum absolute atomic E-state index is 0.0263. The van der Waals surface area contributed by atoms with E-state index in [1.165, 1.54) is 35.0 Å². The summed E-state index contributed by atoms with van der Waals surface area (Å²) in [6.07, 6.45) is -1.41. The molecule has 0 radical (unpaired) electrons. The Bertz CT molecular complexity index is 1660. The minimum Gasteiger partial charge on any atom is -0.435 e. The molecule has 0 aliphatic rings. The Morgan fingerprint density at radius 3 is 2.51 bits per heavy atom. The zero-order chi connectivity index (χ0) is 26.3. The van der Waals surface area contributed by atoms with Crippen LogP contribution in [0.2, 0.25) is 0 Å². The molecule has 0 fully saturated rings. The van der Waals surface area contributed by atoms with Crippen LogP contribution in [0.4, 0.5) is 27.9 Å². The third kappa shape index (κ3) is 5.06. The first-order valence-corrected chi connectivity index (χ1v) is 10.8. The van der Waals surface area contributed by atoms with E-state index in [0.717, 1.165) is 10.9 Å². The van der Waals surface area contributed by atoms with E-state index in [1.807, 2.05) is 0 Å². The largest absolute Gasteiger partial charge is 0.435 e. The Morgan fingerprint density at radius 1 is 1.05 bits per heavy atom. The number of aryl methyl sites for hydroxylation is 1. The van der Waals surface area contributed by atoms with Gasteiger partial charge in [0.1, 0.15) is 12.3 Å². The minimum atomic E-state index is -4.51. The van der Waals surface area contributed by atoms with Crippen molar-refractivity contribution < 1.29 is 26.7 Å². The number of ether oxygens (including phenoxy) is 1. The van der Waals surface area contributed by atoms with Crippen LogP contribution < -0.4 is 15.6 Å². The third-order valence-corrected chi connectivity index (χ3v) is 5.44. The van der Waals surface area contributed by atoms with E-state index in [0.29, 0.717) is 10.9 Å². The van der Waals surface area contributed by atoms with Crippen LogP contribution in [-0.2, 0) is 7.05 Å². The molecule has 3 heterocycles. The highest BCUT2D eigenvalue weighted by Crippen LogP contribution is 2.27. The second kappa shape index (κ2) is 9.15. The summed E-state index contributed by atoms with van der Waals surface area (Å²) < 4.78 is 70.5. The van der Waals surface area contributed by atoms with Gasteiger partial charge in [-0.3, -0.25) is 14.0 Å². The number of fused-ring (bicyclic) bond motifs is 2. The molecule has 0 aliphatic carbocycles. The molecule has 2 aromatic carbocycles. The Kier molecular flexibility index (Phi) is 5.97. The van der Waals surface area contributed by atoms with Gasteiger partial charge in [-0.05, 0) is 48.0 Å². The maximum absolute atomic E-state index is 13.7. The number of halogens is 5. The summed E-state index contributed by atoms with van der Waals surface area (Å²) in [7, 11) is 1.77. The average molecular weight is 516 g/mol. The van der Waals surface area contributed by atoms with Gasteiger partial charge in [0.15, 0.2) is 5.65 Å². The molecule has 0 amide bonds. The van der Waals surface area contributed by atoms with Crippen molar-refractivity contribution in [2.24, 2.45) is 7.05 Å². The number of anilines is 1. The molecule has 0 atom stereocenters. The smallest absolute Gasteiger partial charge is 0.405 e. The number of alkyl halides is 5. The Morgan fingerprint density at radius 2 is 1.81 bits per heavy atom. The first-order chi connectivity index (χ1) is 17.6. The number of rotatable bonds is 6. The van der Waals surface area contributed by atoms with E-state index in [-0.39, 0.29) is 28.6 Å². The summed E-state index contributed by atoms with van der Waals surface area (Å²) in [6, 6.07) is 12.1. The van der Waals surface area contributed by atoms with Gasteiger partial charge in [-0.2, -0.15) is 32.0 Å². The summed E-state index contributed by atoms with van der Waals surface area (Å²) in [6.45, 7) is -4.40. The van der Waals surface area contributed by atoms with Gasteiger partial charge in [-0.25, -0.2) is 4.98 Å². The van der Waals surface area contributed by atoms with E-state index in [9.17, 15) is 26.7 Å². The fourth-order valence-corrected chi connectivity index (χ4v) is 3.90. The van der Waals surface area contributed by atoms with Crippen molar-refractivity contribution in [3.63, 3.8) is 0 Å². The number of hydrogen-bond donors (Lipinski definition) is 1. The molecular weight excluding hydrogens is 499 g/mol. The van der Waals surface area contributed by atoms with Crippen molar-refractivity contribution in [1.82, 2.24) is 24.3 Å². The topological polar surface area (TPSA) is 86.9 Å². The highest BCUT2D eigenvalue weighted by Gasteiger charge is 2.27. The van der Waals surface area contributed by atoms with Crippen LogP contribution in [0.5, 0.6) is 5.75 Å². The summed E-state index contributed by atoms with van der Waals surface area (Å²) in [4.78, 5) is 21.9. The van der Waals surface area contributed by atoms with Gasteiger partial charge in [-0.15, -0.1) is 0 Å². The van der Waals surface area contributed by atoms with E-state index in [2.05, 4.69) is 25.1 Å². The third-order valence-electron chi connectivity index (χ3n) is 5.44. The Hall–Kier alpha value is -4.55. The SMILES string of the molecule is Cn1cc2cc(-c3cc4cnc(NCC(F)(F)F)nc4n(-c4ccc(OC(F)F)cc4)c3=O)ccc2n1. The van der Waals surface area contributed by atoms with Crippen molar-refractivity contribution in [2.45, 2.75) is 12.8 Å². The van der Waals surface area contributed by atoms with Crippen molar-refractivity contribution in [3.05, 3.63) is 71.3 Å². The lowest BCUT2D eigenvalue weighted by molar-refractivity contribution is -0.115. The van der Waals surface area contributed by atoms with E-state index in [4.69, 9.17) is 0 Å². The molecule has 13 heteroatoms. The first-order valence-electron chi connectivity index (χ1n) is 10.8. The van der Waals surface area contributed by atoms with Crippen LogP contribution in [-0.4, -0.2) is 43.6 Å². The fourth-order valence-electron chi connectivity index (χ4n) is 3.90. The van der Waals surface area contributed by atoms with Crippen LogP contribution in [0.1, 0.15) is 0 Å². The van der Waals surface area contributed by atoms with Crippen LogP contribution in [0, 0.1) is 0 Å². The van der Waals surface area contributed by atoms with Crippen LogP contribution in [0.3, 0.4) is 0 Å². The second-order valence-electron chi connectivity index (χ2n) is 8.09. The molecule has 0 unspecified atom stereocenters. The lowest BCUT2D eigenvalue weighted by Crippen LogP contribution is -2.24. The molecule has 0 aliphatic heterocycles. The predicted molar refractivity (Wildman–Crippen MR) is 126 cm³/mol. The normalized spacial score (nSPS) is 12.0. The van der Waals surface area contributed by atoms with Crippen molar-refractivity contribution in [3.8, 4) is 22.6 Å². The van der Waals surface area contributed by atoms with Gasteiger partial charge in [0.05, 0.1) is 11.2 Å². The number of pyridine rings is 1. The predicted octanol–water partition coefficient (Wildman–Crippen LogP) is 4.91. The summed E-state index contributed by atoms with van der Waals surface area (Å²) in [5.74, 6) is -0.461. The highest BCUT2D eigenvalue weighted by molar-refractivity contribution is 5.87. The molecule has 37 heavy (non-hydrogen) atoms. The monoisotopic (exact) mass is 516 g/mol. The van der Waals surface area contributed by atoms with Gasteiger partial charge in [-0.1, -0.05) is 6.07 Å². The van der Waals surface area contributed by atoms with Gasteiger partial charge in [0, 0.05) is 35.8 Å². The number of hydrogen-bond acceptors (Lipinski definition) is 6. The molecule has 190 valence electrons. The number of aromatic nitrogens is 5. The average Bonchev–Trinajstić information content (AvgIpc) is 3.21. The molecule has 5 rings (SSSR count). The maximum Gasteiger partial charge on any atom is 0.405 e. The van der Waals surface area contributed by atoms with Crippen LogP contribution in [0.25, 0.3) is 38.8 Å². The molecular formula is C24H17F5N6O2. The molecule has 0 saturated carbocycles. The van der Waals surface area contributed by atoms with E-state index < -0.39 is 24.9 Å². The number of nitrogens with one attached hydrogen (secondary N) is 1. The molecule has 8 nitrogen and oxygen atoms in total. The molecule has 1 N–H and O–H groups in total. The molecule has 0 bridgehead atoms. The molecule has 0 spiro atoms. The second-order valence-corrected chi connectivity index (χ2v) is 8.09. The highest BCUT2D eigenvalue weighted by atomic mass is 19.4. The zero-order valence-corrected chi connectivity index (χ0v) is 19.0. The van der Waals surface area contributed by atoms with Crippen molar-refractivity contribution in [1.29, 1.82) is 0 Å². The summed E-state index contributed by atoms with van der Waals surface area (Å²) in [5.41, 5.74) is 1.30. The van der Waals surface area contributed by atoms with Gasteiger partial charge >= 0.3 is 12.8 Å². The first kappa shape index (κ1) is 24.2. The van der Waals surface area contributed by atoms with Crippen LogP contribution >= 0.6 is 0 Å². The summed E-state index contributed by atoms with van der Waals surface area (Å²) >= 11 is 0. The van der Waals surface area contributed by atoms with Crippen molar-refractivity contribution >= 4 is 27.9 Å². The standard InChI is InChI=1S/C24H17F5N6O2/c1-34-11-15-8-13(2-7-19(15)33-34)18-9-14-10-30-23(31-12-24(27,28)29)32-20(14)35(21(18)36)16-3-5-17(6-4-16)37-22(25)26/h2-11,22H,12H2,1H3,(H,30,31,32). The van der Waals surface area contributed by atoms with Gasteiger partial charge in [0.2, 0.25) is 5.95 Å². The van der Waals surface area contributed by atoms with Gasteiger partial charge in [0.25, 0.3) is 5.56 Å². The van der Waals surface area contributed by atoms with Gasteiger partial charge < -0.3 is 10.1 Å². The molecule has 3 aromatic heterocycles.